The van der Waals surface area contributed by atoms with Crippen LogP contribution in [0.3, 0.4) is 0 Å². The number of aromatic amines is 1. The van der Waals surface area contributed by atoms with E-state index < -0.39 is 10.0 Å². The number of benzene rings is 1. The maximum atomic E-state index is 12.2. The Labute approximate surface area is 116 Å². The minimum absolute atomic E-state index is 0.0115. The van der Waals surface area contributed by atoms with Crippen molar-refractivity contribution < 1.29 is 8.42 Å². The van der Waals surface area contributed by atoms with E-state index >= 15 is 0 Å². The van der Waals surface area contributed by atoms with E-state index in [0.29, 0.717) is 17.1 Å². The molecule has 20 heavy (non-hydrogen) atoms. The Kier molecular flexibility index (Phi) is 3.49. The molecule has 0 amide bonds. The van der Waals surface area contributed by atoms with Crippen molar-refractivity contribution in [2.75, 3.05) is 4.72 Å². The lowest BCUT2D eigenvalue weighted by atomic mass is 10.1. The summed E-state index contributed by atoms with van der Waals surface area (Å²) in [5.74, 6) is 0.391. The Bertz CT molecular complexity index is 764. The summed E-state index contributed by atoms with van der Waals surface area (Å²) in [6.07, 6.45) is 1.25. The van der Waals surface area contributed by atoms with E-state index in [1.54, 1.807) is 26.0 Å². The van der Waals surface area contributed by atoms with E-state index in [1.165, 1.54) is 12.3 Å². The Morgan fingerprint density at radius 1 is 1.40 bits per heavy atom. The third kappa shape index (κ3) is 2.80. The van der Waals surface area contributed by atoms with Crippen LogP contribution in [0.5, 0.6) is 0 Å². The molecular weight excluding hydrogens is 278 g/mol. The van der Waals surface area contributed by atoms with Gasteiger partial charge in [-0.15, -0.1) is 0 Å². The number of hydrogen-bond donors (Lipinski definition) is 4. The van der Waals surface area contributed by atoms with Crippen molar-refractivity contribution in [3.8, 4) is 0 Å². The molecule has 7 nitrogen and oxygen atoms in total. The highest BCUT2D eigenvalue weighted by Gasteiger charge is 2.18. The summed E-state index contributed by atoms with van der Waals surface area (Å²) in [5.41, 5.74) is 6.96. The number of nitrogens with one attached hydrogen (secondary N) is 3. The first-order chi connectivity index (χ1) is 9.29. The molecule has 0 aliphatic heterocycles. The lowest BCUT2D eigenvalue weighted by molar-refractivity contribution is 0.598. The number of hydrogen-bond acceptors (Lipinski definition) is 4. The largest absolute Gasteiger partial charge is 0.384 e. The fraction of sp³-hybridized carbons (Fsp3) is 0.167. The molecule has 5 N–H and O–H groups in total. The van der Waals surface area contributed by atoms with E-state index in [9.17, 15) is 8.42 Å². The van der Waals surface area contributed by atoms with Crippen LogP contribution in [0.25, 0.3) is 0 Å². The Morgan fingerprint density at radius 2 is 2.10 bits per heavy atom. The Hall–Kier alpha value is -2.35. The lowest BCUT2D eigenvalue weighted by Gasteiger charge is -2.10. The molecule has 0 spiro atoms. The van der Waals surface area contributed by atoms with Crippen LogP contribution in [0.2, 0.25) is 0 Å². The van der Waals surface area contributed by atoms with Gasteiger partial charge in [-0.1, -0.05) is 12.1 Å². The molecule has 0 radical (unpaired) electrons. The molecule has 0 unspecified atom stereocenters. The van der Waals surface area contributed by atoms with Gasteiger partial charge >= 0.3 is 0 Å². The first-order valence-corrected chi connectivity index (χ1v) is 7.27. The number of nitrogens with zero attached hydrogens (tertiary/aromatic N) is 1. The molecule has 1 aromatic heterocycles. The molecule has 0 aliphatic carbocycles. The zero-order chi connectivity index (χ0) is 14.9. The van der Waals surface area contributed by atoms with Crippen LogP contribution in [-0.2, 0) is 10.0 Å². The number of sulfonamides is 1. The summed E-state index contributed by atoms with van der Waals surface area (Å²) >= 11 is 0. The van der Waals surface area contributed by atoms with Gasteiger partial charge in [-0.25, -0.2) is 4.98 Å². The fourth-order valence-electron chi connectivity index (χ4n) is 1.63. The molecule has 0 fully saturated rings. The summed E-state index contributed by atoms with van der Waals surface area (Å²) in [6.45, 7) is 3.43. The lowest BCUT2D eigenvalue weighted by Crippen LogP contribution is -2.16. The maximum absolute atomic E-state index is 12.2. The third-order valence-electron chi connectivity index (χ3n) is 2.76. The average Bonchev–Trinajstić information content (AvgIpc) is 2.79. The Balaban J connectivity index is 2.39. The van der Waals surface area contributed by atoms with Gasteiger partial charge in [-0.05, 0) is 25.5 Å². The average molecular weight is 293 g/mol. The highest BCUT2D eigenvalue weighted by molar-refractivity contribution is 7.92. The van der Waals surface area contributed by atoms with Crippen molar-refractivity contribution in [2.24, 2.45) is 5.73 Å². The van der Waals surface area contributed by atoms with Crippen LogP contribution in [0, 0.1) is 19.3 Å². The van der Waals surface area contributed by atoms with E-state index in [-0.39, 0.29) is 10.9 Å². The zero-order valence-corrected chi connectivity index (χ0v) is 11.9. The molecule has 2 aromatic rings. The number of H-pyrrole nitrogens is 1. The molecule has 2 rings (SSSR count). The summed E-state index contributed by atoms with van der Waals surface area (Å²) in [4.78, 5) is 6.53. The number of amidine groups is 1. The molecule has 0 bridgehead atoms. The smallest absolute Gasteiger partial charge is 0.278 e. The van der Waals surface area contributed by atoms with Gasteiger partial charge in [-0.2, -0.15) is 8.42 Å². The van der Waals surface area contributed by atoms with Crippen molar-refractivity contribution >= 4 is 21.5 Å². The molecule has 106 valence electrons. The molecule has 0 atom stereocenters. The molecular formula is C12H15N5O2S. The van der Waals surface area contributed by atoms with Gasteiger partial charge in [0, 0.05) is 5.56 Å². The summed E-state index contributed by atoms with van der Waals surface area (Å²) in [6, 6.07) is 4.89. The van der Waals surface area contributed by atoms with Crippen LogP contribution in [0.4, 0.5) is 5.69 Å². The predicted molar refractivity (Wildman–Crippen MR) is 76.3 cm³/mol. The molecule has 1 heterocycles. The van der Waals surface area contributed by atoms with E-state index in [2.05, 4.69) is 14.7 Å². The standard InChI is InChI=1S/C12H15N5O2S/c1-7-3-4-9(12(13)14)5-10(7)17-20(18,19)11-6-15-8(2)16-11/h3-6,17H,1-2H3,(H3,13,14)(H,15,16). The van der Waals surface area contributed by atoms with Crippen molar-refractivity contribution in [3.05, 3.63) is 41.3 Å². The second-order valence-electron chi connectivity index (χ2n) is 4.38. The van der Waals surface area contributed by atoms with Gasteiger partial charge in [-0.3, -0.25) is 10.1 Å². The number of aromatic nitrogens is 2. The molecule has 0 saturated carbocycles. The highest BCUT2D eigenvalue weighted by atomic mass is 32.2. The van der Waals surface area contributed by atoms with Gasteiger partial charge in [0.1, 0.15) is 11.7 Å². The summed E-state index contributed by atoms with van der Waals surface area (Å²) < 4.78 is 26.8. The summed E-state index contributed by atoms with van der Waals surface area (Å²) in [7, 11) is -3.74. The minimum atomic E-state index is -3.74. The number of imidazole rings is 1. The molecule has 0 aliphatic rings. The van der Waals surface area contributed by atoms with Gasteiger partial charge in [0.2, 0.25) is 0 Å². The zero-order valence-electron chi connectivity index (χ0n) is 11.1. The maximum Gasteiger partial charge on any atom is 0.278 e. The quantitative estimate of drug-likeness (QED) is 0.497. The van der Waals surface area contributed by atoms with Crippen LogP contribution < -0.4 is 10.5 Å². The molecule has 8 heteroatoms. The molecule has 0 saturated heterocycles. The van der Waals surface area contributed by atoms with Crippen LogP contribution in [0.1, 0.15) is 17.0 Å². The highest BCUT2D eigenvalue weighted by Crippen LogP contribution is 2.20. The van der Waals surface area contributed by atoms with Crippen molar-refractivity contribution in [1.29, 1.82) is 5.41 Å². The number of rotatable bonds is 4. The van der Waals surface area contributed by atoms with Crippen molar-refractivity contribution in [2.45, 2.75) is 18.9 Å². The van der Waals surface area contributed by atoms with Crippen molar-refractivity contribution in [1.82, 2.24) is 9.97 Å². The number of anilines is 1. The number of aryl methyl sites for hydroxylation is 2. The summed E-state index contributed by atoms with van der Waals surface area (Å²) in [5, 5.41) is 7.37. The molecule has 1 aromatic carbocycles. The van der Waals surface area contributed by atoms with E-state index in [4.69, 9.17) is 11.1 Å². The Morgan fingerprint density at radius 3 is 2.65 bits per heavy atom. The van der Waals surface area contributed by atoms with E-state index in [0.717, 1.165) is 5.56 Å². The number of nitrogen functional groups attached to an aromatic ring is 1. The first-order valence-electron chi connectivity index (χ1n) is 5.79. The van der Waals surface area contributed by atoms with Gasteiger partial charge in [0.05, 0.1) is 11.9 Å². The second kappa shape index (κ2) is 4.97. The van der Waals surface area contributed by atoms with Gasteiger partial charge in [0.15, 0.2) is 5.03 Å². The normalized spacial score (nSPS) is 11.3. The van der Waals surface area contributed by atoms with Gasteiger partial charge < -0.3 is 10.7 Å². The minimum Gasteiger partial charge on any atom is -0.384 e. The topological polar surface area (TPSA) is 125 Å². The van der Waals surface area contributed by atoms with Crippen LogP contribution in [-0.4, -0.2) is 24.2 Å². The van der Waals surface area contributed by atoms with Crippen LogP contribution >= 0.6 is 0 Å². The van der Waals surface area contributed by atoms with E-state index in [1.807, 2.05) is 0 Å². The predicted octanol–water partition coefficient (Wildman–Crippen LogP) is 1.11. The monoisotopic (exact) mass is 293 g/mol. The fourth-order valence-corrected chi connectivity index (χ4v) is 2.73. The first kappa shape index (κ1) is 14.1. The van der Waals surface area contributed by atoms with Crippen LogP contribution in [0.15, 0.2) is 29.4 Å². The third-order valence-corrected chi connectivity index (χ3v) is 4.04. The number of nitrogens with two attached hydrogens (primary N) is 1. The van der Waals surface area contributed by atoms with Crippen molar-refractivity contribution in [3.63, 3.8) is 0 Å². The second-order valence-corrected chi connectivity index (χ2v) is 6.03. The SMILES string of the molecule is Cc1ncc(S(=O)(=O)Nc2cc(C(=N)N)ccc2C)[nH]1. The van der Waals surface area contributed by atoms with Gasteiger partial charge in [0.25, 0.3) is 10.0 Å².